The molecule has 3 heterocycles. The van der Waals surface area contributed by atoms with Crippen molar-refractivity contribution < 1.29 is 0 Å². The summed E-state index contributed by atoms with van der Waals surface area (Å²) in [5.41, 5.74) is 7.87. The van der Waals surface area contributed by atoms with Crippen molar-refractivity contribution in [1.29, 1.82) is 0 Å². The summed E-state index contributed by atoms with van der Waals surface area (Å²) in [5.74, 6) is 2.02. The minimum atomic E-state index is 0.667. The molecular formula is C45H27N3S2. The summed E-state index contributed by atoms with van der Waals surface area (Å²) in [6.07, 6.45) is 0. The molecule has 0 saturated heterocycles. The van der Waals surface area contributed by atoms with Gasteiger partial charge in [0, 0.05) is 57.0 Å². The molecule has 0 spiro atoms. The fourth-order valence-corrected chi connectivity index (χ4v) is 9.31. The maximum atomic E-state index is 5.18. The lowest BCUT2D eigenvalue weighted by Gasteiger charge is -2.10. The Morgan fingerprint density at radius 3 is 1.58 bits per heavy atom. The van der Waals surface area contributed by atoms with Crippen molar-refractivity contribution >= 4 is 63.0 Å². The van der Waals surface area contributed by atoms with Crippen LogP contribution in [0.15, 0.2) is 164 Å². The van der Waals surface area contributed by atoms with Crippen LogP contribution >= 0.6 is 22.7 Å². The van der Waals surface area contributed by atoms with Crippen molar-refractivity contribution in [3.8, 4) is 56.4 Å². The van der Waals surface area contributed by atoms with Gasteiger partial charge in [0.1, 0.15) is 0 Å². The van der Waals surface area contributed by atoms with Gasteiger partial charge in [0.05, 0.1) is 0 Å². The Morgan fingerprint density at radius 2 is 0.820 bits per heavy atom. The molecule has 10 aromatic rings. The van der Waals surface area contributed by atoms with Crippen molar-refractivity contribution in [2.45, 2.75) is 0 Å². The lowest BCUT2D eigenvalue weighted by atomic mass is 9.94. The van der Waals surface area contributed by atoms with Crippen LogP contribution in [0.2, 0.25) is 0 Å². The quantitative estimate of drug-likeness (QED) is 0.182. The molecule has 0 saturated carbocycles. The summed E-state index contributed by atoms with van der Waals surface area (Å²) in [6.45, 7) is 0. The average Bonchev–Trinajstić information content (AvgIpc) is 3.76. The van der Waals surface area contributed by atoms with Gasteiger partial charge in [0.2, 0.25) is 0 Å². The highest BCUT2D eigenvalue weighted by Gasteiger charge is 2.18. The van der Waals surface area contributed by atoms with Crippen LogP contribution in [0.5, 0.6) is 0 Å². The minimum Gasteiger partial charge on any atom is -0.208 e. The third kappa shape index (κ3) is 4.90. The molecule has 5 heteroatoms. The van der Waals surface area contributed by atoms with Gasteiger partial charge in [-0.15, -0.1) is 22.7 Å². The first-order valence-corrected chi connectivity index (χ1v) is 18.2. The first-order valence-electron chi connectivity index (χ1n) is 16.6. The van der Waals surface area contributed by atoms with E-state index < -0.39 is 0 Å². The standard InChI is InChI=1S/C45H27N3S2/c1-3-12-28(13-4-1)32-16-7-8-17-33(32)30-22-24-34-35-25-23-31(27-41(35)50-40(34)26-30)44-46-43(29-14-5-2-6-15-29)47-45(48-44)37-19-11-21-39-42(37)36-18-9-10-20-38(36)49-39/h1-27H. The van der Waals surface area contributed by atoms with Crippen LogP contribution in [0.3, 0.4) is 0 Å². The number of fused-ring (bicyclic) bond motifs is 6. The van der Waals surface area contributed by atoms with Gasteiger partial charge in [-0.05, 0) is 46.5 Å². The first-order chi connectivity index (χ1) is 24.8. The smallest absolute Gasteiger partial charge is 0.164 e. The van der Waals surface area contributed by atoms with Gasteiger partial charge in [-0.1, -0.05) is 140 Å². The zero-order chi connectivity index (χ0) is 33.0. The van der Waals surface area contributed by atoms with E-state index in [0.717, 1.165) is 16.7 Å². The molecule has 3 aromatic heterocycles. The van der Waals surface area contributed by atoms with Crippen LogP contribution in [-0.2, 0) is 0 Å². The molecule has 3 nitrogen and oxygen atoms in total. The van der Waals surface area contributed by atoms with Crippen LogP contribution in [0, 0.1) is 0 Å². The van der Waals surface area contributed by atoms with E-state index >= 15 is 0 Å². The van der Waals surface area contributed by atoms with Gasteiger partial charge in [-0.2, -0.15) is 0 Å². The number of hydrogen-bond acceptors (Lipinski definition) is 5. The summed E-state index contributed by atoms with van der Waals surface area (Å²) in [4.78, 5) is 15.3. The molecule has 50 heavy (non-hydrogen) atoms. The normalized spacial score (nSPS) is 11.6. The second kappa shape index (κ2) is 11.8. The van der Waals surface area contributed by atoms with Crippen LogP contribution in [-0.4, -0.2) is 15.0 Å². The number of hydrogen-bond donors (Lipinski definition) is 0. The zero-order valence-corrected chi connectivity index (χ0v) is 28.4. The molecule has 234 valence electrons. The van der Waals surface area contributed by atoms with Crippen LogP contribution < -0.4 is 0 Å². The molecule has 0 N–H and O–H groups in total. The van der Waals surface area contributed by atoms with E-state index in [4.69, 9.17) is 15.0 Å². The second-order valence-corrected chi connectivity index (χ2v) is 14.6. The molecule has 0 amide bonds. The van der Waals surface area contributed by atoms with Gasteiger partial charge < -0.3 is 0 Å². The molecule has 10 rings (SSSR count). The predicted octanol–water partition coefficient (Wildman–Crippen LogP) is 12.9. The van der Waals surface area contributed by atoms with E-state index in [0.29, 0.717) is 17.5 Å². The third-order valence-electron chi connectivity index (χ3n) is 9.37. The molecular weight excluding hydrogens is 647 g/mol. The van der Waals surface area contributed by atoms with E-state index in [2.05, 4.69) is 146 Å². The third-order valence-corrected chi connectivity index (χ3v) is 11.6. The Bertz CT molecular complexity index is 2870. The van der Waals surface area contributed by atoms with Gasteiger partial charge in [-0.25, -0.2) is 15.0 Å². The minimum absolute atomic E-state index is 0.667. The molecule has 7 aromatic carbocycles. The van der Waals surface area contributed by atoms with Crippen molar-refractivity contribution in [3.05, 3.63) is 164 Å². The first kappa shape index (κ1) is 29.0. The maximum absolute atomic E-state index is 5.18. The maximum Gasteiger partial charge on any atom is 0.164 e. The molecule has 0 aliphatic rings. The van der Waals surface area contributed by atoms with E-state index in [1.807, 2.05) is 29.5 Å². The molecule has 0 atom stereocenters. The Morgan fingerprint density at radius 1 is 0.300 bits per heavy atom. The Labute approximate surface area is 296 Å². The average molecular weight is 674 g/mol. The van der Waals surface area contributed by atoms with Crippen molar-refractivity contribution in [2.75, 3.05) is 0 Å². The van der Waals surface area contributed by atoms with Gasteiger partial charge in [-0.3, -0.25) is 0 Å². The topological polar surface area (TPSA) is 38.7 Å². The highest BCUT2D eigenvalue weighted by Crippen LogP contribution is 2.42. The lowest BCUT2D eigenvalue weighted by molar-refractivity contribution is 1.08. The zero-order valence-electron chi connectivity index (χ0n) is 26.7. The van der Waals surface area contributed by atoms with Crippen LogP contribution in [0.4, 0.5) is 0 Å². The fourth-order valence-electron chi connectivity index (χ4n) is 6.99. The number of rotatable bonds is 5. The number of nitrogens with zero attached hydrogens (tertiary/aromatic N) is 3. The number of thiophene rings is 2. The number of benzene rings is 7. The fraction of sp³-hybridized carbons (Fsp3) is 0. The molecule has 0 aliphatic carbocycles. The highest BCUT2D eigenvalue weighted by atomic mass is 32.1. The summed E-state index contributed by atoms with van der Waals surface area (Å²) < 4.78 is 4.95. The van der Waals surface area contributed by atoms with Crippen molar-refractivity contribution in [1.82, 2.24) is 15.0 Å². The molecule has 0 bridgehead atoms. The van der Waals surface area contributed by atoms with E-state index in [1.54, 1.807) is 11.3 Å². The Kier molecular flexibility index (Phi) is 6.86. The molecule has 0 radical (unpaired) electrons. The van der Waals surface area contributed by atoms with E-state index in [-0.39, 0.29) is 0 Å². The highest BCUT2D eigenvalue weighted by molar-refractivity contribution is 7.26. The summed E-state index contributed by atoms with van der Waals surface area (Å²) in [7, 11) is 0. The van der Waals surface area contributed by atoms with E-state index in [9.17, 15) is 0 Å². The monoisotopic (exact) mass is 673 g/mol. The summed E-state index contributed by atoms with van der Waals surface area (Å²) in [5, 5.41) is 4.91. The number of aromatic nitrogens is 3. The molecule has 0 unspecified atom stereocenters. The predicted molar refractivity (Wildman–Crippen MR) is 213 cm³/mol. The lowest BCUT2D eigenvalue weighted by Crippen LogP contribution is -2.00. The van der Waals surface area contributed by atoms with Gasteiger partial charge >= 0.3 is 0 Å². The summed E-state index contributed by atoms with van der Waals surface area (Å²) >= 11 is 3.62. The Balaban J connectivity index is 1.12. The largest absolute Gasteiger partial charge is 0.208 e. The summed E-state index contributed by atoms with van der Waals surface area (Å²) in [6, 6.07) is 58.0. The van der Waals surface area contributed by atoms with Gasteiger partial charge in [0.25, 0.3) is 0 Å². The van der Waals surface area contributed by atoms with Crippen molar-refractivity contribution in [2.24, 2.45) is 0 Å². The SMILES string of the molecule is c1ccc(-c2nc(-c3ccc4c(c3)sc3cc(-c5ccccc5-c5ccccc5)ccc34)nc(-c3cccc4sc5ccccc5c34)n2)cc1. The van der Waals surface area contributed by atoms with Gasteiger partial charge in [0.15, 0.2) is 17.5 Å². The van der Waals surface area contributed by atoms with Crippen molar-refractivity contribution in [3.63, 3.8) is 0 Å². The van der Waals surface area contributed by atoms with Crippen LogP contribution in [0.25, 0.3) is 96.8 Å². The van der Waals surface area contributed by atoms with Crippen LogP contribution in [0.1, 0.15) is 0 Å². The van der Waals surface area contributed by atoms with E-state index in [1.165, 1.54) is 62.6 Å². The second-order valence-electron chi connectivity index (χ2n) is 12.4. The molecule has 0 fully saturated rings. The molecule has 0 aliphatic heterocycles. The Hall–Kier alpha value is -6.01.